The highest BCUT2D eigenvalue weighted by Gasteiger charge is 2.03. The van der Waals surface area contributed by atoms with Crippen molar-refractivity contribution < 1.29 is 5.11 Å². The van der Waals surface area contributed by atoms with Crippen LogP contribution >= 0.6 is 11.6 Å². The molecule has 0 heterocycles. The zero-order valence-corrected chi connectivity index (χ0v) is 10.7. The van der Waals surface area contributed by atoms with E-state index in [1.54, 1.807) is 12.1 Å². The molecule has 0 spiro atoms. The second kappa shape index (κ2) is 4.80. The van der Waals surface area contributed by atoms with E-state index in [-0.39, 0.29) is 5.75 Å². The molecule has 0 unspecified atom stereocenters. The third-order valence-corrected chi connectivity index (χ3v) is 3.16. The van der Waals surface area contributed by atoms with Crippen molar-refractivity contribution in [2.45, 2.75) is 19.8 Å². The molecule has 2 aromatic rings. The maximum atomic E-state index is 9.38. The minimum atomic E-state index is 0.120. The summed E-state index contributed by atoms with van der Waals surface area (Å²) in [6.07, 6.45) is 0. The lowest BCUT2D eigenvalue weighted by Gasteiger charge is -2.07. The van der Waals surface area contributed by atoms with E-state index >= 15 is 0 Å². The number of rotatable bonds is 2. The molecule has 0 saturated heterocycles. The molecule has 0 fully saturated rings. The number of halogens is 1. The number of benzene rings is 2. The second-order valence-corrected chi connectivity index (χ2v) is 4.85. The molecule has 2 rings (SSSR count). The Morgan fingerprint density at radius 3 is 2.06 bits per heavy atom. The monoisotopic (exact) mass is 246 g/mol. The maximum Gasteiger partial charge on any atom is 0.134 e. The lowest BCUT2D eigenvalue weighted by molar-refractivity contribution is 0.475. The highest BCUT2D eigenvalue weighted by molar-refractivity contribution is 6.32. The fourth-order valence-electron chi connectivity index (χ4n) is 1.75. The first-order valence-electron chi connectivity index (χ1n) is 5.67. The van der Waals surface area contributed by atoms with E-state index in [1.807, 2.05) is 6.07 Å². The van der Waals surface area contributed by atoms with E-state index in [2.05, 4.69) is 38.1 Å². The van der Waals surface area contributed by atoms with Crippen LogP contribution in [0.25, 0.3) is 11.1 Å². The highest BCUT2D eigenvalue weighted by Crippen LogP contribution is 2.30. The summed E-state index contributed by atoms with van der Waals surface area (Å²) in [6.45, 7) is 4.35. The molecular weight excluding hydrogens is 232 g/mol. The fraction of sp³-hybridized carbons (Fsp3) is 0.200. The van der Waals surface area contributed by atoms with Crippen LogP contribution in [-0.4, -0.2) is 5.11 Å². The maximum absolute atomic E-state index is 9.38. The molecule has 1 nitrogen and oxygen atoms in total. The quantitative estimate of drug-likeness (QED) is 0.804. The van der Waals surface area contributed by atoms with Crippen LogP contribution in [0.15, 0.2) is 42.5 Å². The Balaban J connectivity index is 2.36. The molecule has 0 aliphatic carbocycles. The molecule has 0 amide bonds. The topological polar surface area (TPSA) is 20.2 Å². The van der Waals surface area contributed by atoms with Gasteiger partial charge in [0.1, 0.15) is 5.75 Å². The molecule has 0 radical (unpaired) electrons. The highest BCUT2D eigenvalue weighted by atomic mass is 35.5. The summed E-state index contributed by atoms with van der Waals surface area (Å²) in [7, 11) is 0. The van der Waals surface area contributed by atoms with Crippen LogP contribution in [0.3, 0.4) is 0 Å². The third kappa shape index (κ3) is 2.62. The number of phenols is 1. The van der Waals surface area contributed by atoms with Gasteiger partial charge in [0.05, 0.1) is 5.02 Å². The van der Waals surface area contributed by atoms with Gasteiger partial charge in [-0.15, -0.1) is 0 Å². The van der Waals surface area contributed by atoms with Crippen molar-refractivity contribution >= 4 is 11.6 Å². The molecular formula is C15H15ClO. The average molecular weight is 247 g/mol. The Bertz CT molecular complexity index is 515. The Kier molecular flexibility index (Phi) is 3.39. The molecule has 0 aliphatic rings. The lowest BCUT2D eigenvalue weighted by Crippen LogP contribution is -1.86. The van der Waals surface area contributed by atoms with E-state index < -0.39 is 0 Å². The van der Waals surface area contributed by atoms with Crippen molar-refractivity contribution in [3.63, 3.8) is 0 Å². The minimum Gasteiger partial charge on any atom is -0.506 e. The number of phenolic OH excluding ortho intramolecular Hbond substituents is 1. The van der Waals surface area contributed by atoms with Crippen LogP contribution in [0.2, 0.25) is 5.02 Å². The molecule has 0 aromatic heterocycles. The standard InChI is InChI=1S/C15H15ClO/c1-10(2)11-3-5-12(6-4-11)13-7-8-15(17)14(16)9-13/h3-10,17H,1-2H3. The van der Waals surface area contributed by atoms with Crippen molar-refractivity contribution in [2.24, 2.45) is 0 Å². The summed E-state index contributed by atoms with van der Waals surface area (Å²) >= 11 is 5.90. The zero-order valence-electron chi connectivity index (χ0n) is 9.94. The summed E-state index contributed by atoms with van der Waals surface area (Å²) in [5.41, 5.74) is 3.44. The Morgan fingerprint density at radius 1 is 0.941 bits per heavy atom. The van der Waals surface area contributed by atoms with Crippen LogP contribution in [-0.2, 0) is 0 Å². The largest absolute Gasteiger partial charge is 0.506 e. The molecule has 88 valence electrons. The number of hydrogen-bond acceptors (Lipinski definition) is 1. The molecule has 17 heavy (non-hydrogen) atoms. The van der Waals surface area contributed by atoms with E-state index in [0.717, 1.165) is 11.1 Å². The fourth-order valence-corrected chi connectivity index (χ4v) is 1.93. The summed E-state index contributed by atoms with van der Waals surface area (Å²) < 4.78 is 0. The molecule has 0 saturated carbocycles. The normalized spacial score (nSPS) is 10.8. The van der Waals surface area contributed by atoms with E-state index in [0.29, 0.717) is 10.9 Å². The Hall–Kier alpha value is -1.47. The zero-order chi connectivity index (χ0) is 12.4. The predicted molar refractivity (Wildman–Crippen MR) is 72.6 cm³/mol. The minimum absolute atomic E-state index is 0.120. The molecule has 0 bridgehead atoms. The van der Waals surface area contributed by atoms with Crippen molar-refractivity contribution in [3.05, 3.63) is 53.1 Å². The Labute approximate surface area is 107 Å². The van der Waals surface area contributed by atoms with Crippen molar-refractivity contribution in [3.8, 4) is 16.9 Å². The van der Waals surface area contributed by atoms with Gasteiger partial charge in [0.25, 0.3) is 0 Å². The van der Waals surface area contributed by atoms with Gasteiger partial charge in [0, 0.05) is 0 Å². The van der Waals surface area contributed by atoms with Crippen molar-refractivity contribution in [1.29, 1.82) is 0 Å². The summed E-state index contributed by atoms with van der Waals surface area (Å²) in [4.78, 5) is 0. The van der Waals surface area contributed by atoms with Gasteiger partial charge in [-0.25, -0.2) is 0 Å². The molecule has 1 N–H and O–H groups in total. The first-order valence-corrected chi connectivity index (χ1v) is 6.04. The van der Waals surface area contributed by atoms with Crippen molar-refractivity contribution in [2.75, 3.05) is 0 Å². The lowest BCUT2D eigenvalue weighted by atomic mass is 9.99. The third-order valence-electron chi connectivity index (χ3n) is 2.86. The second-order valence-electron chi connectivity index (χ2n) is 4.44. The first-order chi connectivity index (χ1) is 8.08. The predicted octanol–water partition coefficient (Wildman–Crippen LogP) is 4.84. The molecule has 0 atom stereocenters. The van der Waals surface area contributed by atoms with Gasteiger partial charge in [-0.3, -0.25) is 0 Å². The van der Waals surface area contributed by atoms with Crippen LogP contribution in [0.5, 0.6) is 5.75 Å². The van der Waals surface area contributed by atoms with Gasteiger partial charge < -0.3 is 5.11 Å². The number of hydrogen-bond donors (Lipinski definition) is 1. The Morgan fingerprint density at radius 2 is 1.53 bits per heavy atom. The van der Waals surface area contributed by atoms with Gasteiger partial charge in [-0.05, 0) is 34.7 Å². The van der Waals surface area contributed by atoms with Crippen LogP contribution in [0, 0.1) is 0 Å². The van der Waals surface area contributed by atoms with Crippen LogP contribution in [0.1, 0.15) is 25.3 Å². The van der Waals surface area contributed by atoms with E-state index in [1.165, 1.54) is 5.56 Å². The molecule has 0 aliphatic heterocycles. The van der Waals surface area contributed by atoms with Gasteiger partial charge in [0.2, 0.25) is 0 Å². The SMILES string of the molecule is CC(C)c1ccc(-c2ccc(O)c(Cl)c2)cc1. The average Bonchev–Trinajstić information content (AvgIpc) is 2.33. The van der Waals surface area contributed by atoms with E-state index in [4.69, 9.17) is 11.6 Å². The van der Waals surface area contributed by atoms with Crippen molar-refractivity contribution in [1.82, 2.24) is 0 Å². The number of aromatic hydroxyl groups is 1. The van der Waals surface area contributed by atoms with E-state index in [9.17, 15) is 5.11 Å². The van der Waals surface area contributed by atoms with Crippen LogP contribution < -0.4 is 0 Å². The first kappa shape index (κ1) is 12.0. The molecule has 2 heteroatoms. The van der Waals surface area contributed by atoms with Gasteiger partial charge in [0.15, 0.2) is 0 Å². The van der Waals surface area contributed by atoms with Gasteiger partial charge >= 0.3 is 0 Å². The van der Waals surface area contributed by atoms with Gasteiger partial charge in [-0.2, -0.15) is 0 Å². The summed E-state index contributed by atoms with van der Waals surface area (Å²) in [5.74, 6) is 0.654. The summed E-state index contributed by atoms with van der Waals surface area (Å²) in [6, 6.07) is 13.7. The smallest absolute Gasteiger partial charge is 0.134 e. The van der Waals surface area contributed by atoms with Gasteiger partial charge in [-0.1, -0.05) is 55.8 Å². The summed E-state index contributed by atoms with van der Waals surface area (Å²) in [5, 5.41) is 9.76. The molecule has 2 aromatic carbocycles. The van der Waals surface area contributed by atoms with Crippen LogP contribution in [0.4, 0.5) is 0 Å².